The highest BCUT2D eigenvalue weighted by Crippen LogP contribution is 2.32. The van der Waals surface area contributed by atoms with E-state index in [1.54, 1.807) is 0 Å². The Morgan fingerprint density at radius 2 is 1.76 bits per heavy atom. The lowest BCUT2D eigenvalue weighted by Crippen LogP contribution is -2.31. The molecule has 37 heavy (non-hydrogen) atoms. The van der Waals surface area contributed by atoms with Crippen molar-refractivity contribution < 1.29 is 19.0 Å². The lowest BCUT2D eigenvalue weighted by molar-refractivity contribution is -0.121. The standard InChI is InChI=1S/C28H38N4O4S/c33-27(9-5-12-30-28(37)31-23-10-11-25-26(20-23)36-18-17-35-25)29-13-6-16-34-24-8-4-7-22(19-24)21-32-14-2-1-3-15-32/h4,7-8,10-11,19-20H,1-3,5-6,9,12-18,21H2,(H,29,33)(H2,30,31,37). The molecule has 8 nitrogen and oxygen atoms in total. The van der Waals surface area contributed by atoms with Gasteiger partial charge >= 0.3 is 0 Å². The summed E-state index contributed by atoms with van der Waals surface area (Å²) < 4.78 is 17.0. The number of nitrogens with zero attached hydrogens (tertiary/aromatic N) is 1. The maximum absolute atomic E-state index is 12.1. The summed E-state index contributed by atoms with van der Waals surface area (Å²) in [6, 6.07) is 14.0. The summed E-state index contributed by atoms with van der Waals surface area (Å²) >= 11 is 5.35. The van der Waals surface area contributed by atoms with Gasteiger partial charge in [0.15, 0.2) is 16.6 Å². The highest BCUT2D eigenvalue weighted by molar-refractivity contribution is 7.80. The number of piperidine rings is 1. The topological polar surface area (TPSA) is 84.1 Å². The average molecular weight is 527 g/mol. The number of hydrogen-bond acceptors (Lipinski definition) is 6. The lowest BCUT2D eigenvalue weighted by atomic mass is 10.1. The number of hydrogen-bond donors (Lipinski definition) is 3. The molecule has 2 aliphatic rings. The number of carbonyl (C=O) groups is 1. The molecule has 9 heteroatoms. The molecular formula is C28H38N4O4S. The van der Waals surface area contributed by atoms with Gasteiger partial charge in [-0.15, -0.1) is 0 Å². The fourth-order valence-corrected chi connectivity index (χ4v) is 4.65. The van der Waals surface area contributed by atoms with Crippen LogP contribution in [0.5, 0.6) is 17.2 Å². The molecule has 0 saturated carbocycles. The van der Waals surface area contributed by atoms with E-state index in [0.29, 0.717) is 56.6 Å². The first-order chi connectivity index (χ1) is 18.2. The predicted octanol–water partition coefficient (Wildman–Crippen LogP) is 4.10. The molecule has 3 N–H and O–H groups in total. The zero-order valence-corrected chi connectivity index (χ0v) is 22.2. The normalized spacial score (nSPS) is 15.0. The second-order valence-electron chi connectivity index (χ2n) is 9.38. The number of carbonyl (C=O) groups excluding carboxylic acids is 1. The molecule has 1 fully saturated rings. The summed E-state index contributed by atoms with van der Waals surface area (Å²) in [6.07, 6.45) is 5.84. The molecule has 1 amide bonds. The van der Waals surface area contributed by atoms with Crippen molar-refractivity contribution in [3.63, 3.8) is 0 Å². The van der Waals surface area contributed by atoms with Crippen LogP contribution in [0.25, 0.3) is 0 Å². The maximum Gasteiger partial charge on any atom is 0.220 e. The van der Waals surface area contributed by atoms with Crippen LogP contribution in [0, 0.1) is 0 Å². The molecule has 0 aromatic heterocycles. The van der Waals surface area contributed by atoms with E-state index >= 15 is 0 Å². The highest BCUT2D eigenvalue weighted by atomic mass is 32.1. The van der Waals surface area contributed by atoms with Gasteiger partial charge in [0.2, 0.25) is 5.91 Å². The molecule has 2 aromatic rings. The molecular weight excluding hydrogens is 488 g/mol. The fraction of sp³-hybridized carbons (Fsp3) is 0.500. The van der Waals surface area contributed by atoms with E-state index in [9.17, 15) is 4.79 Å². The molecule has 0 atom stereocenters. The number of rotatable bonds is 12. The second-order valence-corrected chi connectivity index (χ2v) is 9.79. The molecule has 2 aliphatic heterocycles. The molecule has 200 valence electrons. The van der Waals surface area contributed by atoms with E-state index in [-0.39, 0.29) is 5.91 Å². The molecule has 0 unspecified atom stereocenters. The monoisotopic (exact) mass is 526 g/mol. The van der Waals surface area contributed by atoms with Gasteiger partial charge in [0.1, 0.15) is 19.0 Å². The number of benzene rings is 2. The third kappa shape index (κ3) is 9.40. The third-order valence-electron chi connectivity index (χ3n) is 6.33. The molecule has 0 spiro atoms. The minimum atomic E-state index is 0.0380. The molecule has 2 heterocycles. The van der Waals surface area contributed by atoms with Crippen LogP contribution in [0.3, 0.4) is 0 Å². The van der Waals surface area contributed by atoms with Gasteiger partial charge in [0.25, 0.3) is 0 Å². The van der Waals surface area contributed by atoms with Crippen molar-refractivity contribution in [3.05, 3.63) is 48.0 Å². The Labute approximate surface area is 225 Å². The molecule has 0 radical (unpaired) electrons. The van der Waals surface area contributed by atoms with Gasteiger partial charge in [0, 0.05) is 37.8 Å². The van der Waals surface area contributed by atoms with Gasteiger partial charge in [-0.25, -0.2) is 0 Å². The number of thiocarbonyl (C=S) groups is 1. The second kappa shape index (κ2) is 14.6. The first-order valence-corrected chi connectivity index (χ1v) is 13.7. The number of fused-ring (bicyclic) bond motifs is 1. The van der Waals surface area contributed by atoms with Crippen LogP contribution in [0.1, 0.15) is 44.1 Å². The van der Waals surface area contributed by atoms with Gasteiger partial charge in [0.05, 0.1) is 6.61 Å². The molecule has 0 aliphatic carbocycles. The van der Waals surface area contributed by atoms with Gasteiger partial charge in [-0.3, -0.25) is 9.69 Å². The summed E-state index contributed by atoms with van der Waals surface area (Å²) in [5.74, 6) is 2.39. The smallest absolute Gasteiger partial charge is 0.220 e. The first-order valence-electron chi connectivity index (χ1n) is 13.3. The molecule has 0 bridgehead atoms. The Hall–Kier alpha value is -3.04. The van der Waals surface area contributed by atoms with Gasteiger partial charge < -0.3 is 30.2 Å². The Balaban J connectivity index is 1.03. The van der Waals surface area contributed by atoms with Crippen molar-refractivity contribution in [1.29, 1.82) is 0 Å². The minimum Gasteiger partial charge on any atom is -0.494 e. The average Bonchev–Trinajstić information content (AvgIpc) is 2.92. The van der Waals surface area contributed by atoms with Crippen LogP contribution >= 0.6 is 12.2 Å². The quantitative estimate of drug-likeness (QED) is 0.282. The van der Waals surface area contributed by atoms with Crippen LogP contribution < -0.4 is 30.2 Å². The summed E-state index contributed by atoms with van der Waals surface area (Å²) in [6.45, 7) is 6.26. The van der Waals surface area contributed by atoms with Crippen molar-refractivity contribution in [1.82, 2.24) is 15.5 Å². The summed E-state index contributed by atoms with van der Waals surface area (Å²) in [7, 11) is 0. The summed E-state index contributed by atoms with van der Waals surface area (Å²) in [5.41, 5.74) is 2.12. The third-order valence-corrected chi connectivity index (χ3v) is 6.58. The molecule has 1 saturated heterocycles. The Morgan fingerprint density at radius 3 is 2.62 bits per heavy atom. The van der Waals surface area contributed by atoms with E-state index in [2.05, 4.69) is 39.0 Å². The van der Waals surface area contributed by atoms with E-state index in [0.717, 1.165) is 30.2 Å². The van der Waals surface area contributed by atoms with E-state index in [1.807, 2.05) is 24.3 Å². The highest BCUT2D eigenvalue weighted by Gasteiger charge is 2.12. The first kappa shape index (κ1) is 27.0. The van der Waals surface area contributed by atoms with Crippen molar-refractivity contribution in [2.75, 3.05) is 51.3 Å². The van der Waals surface area contributed by atoms with Crippen molar-refractivity contribution >= 4 is 28.9 Å². The van der Waals surface area contributed by atoms with Gasteiger partial charge in [-0.05, 0) is 80.8 Å². The van der Waals surface area contributed by atoms with Crippen molar-refractivity contribution in [2.24, 2.45) is 0 Å². The molecule has 2 aromatic carbocycles. The van der Waals surface area contributed by atoms with Crippen LogP contribution in [-0.4, -0.2) is 61.9 Å². The summed E-state index contributed by atoms with van der Waals surface area (Å²) in [4.78, 5) is 14.6. The SMILES string of the molecule is O=C(CCCNC(=S)Nc1ccc2c(c1)OCCO2)NCCCOc1cccc(CN2CCCCC2)c1. The van der Waals surface area contributed by atoms with E-state index in [4.69, 9.17) is 26.4 Å². The fourth-order valence-electron chi connectivity index (χ4n) is 4.43. The Bertz CT molecular complexity index is 1030. The van der Waals surface area contributed by atoms with Crippen LogP contribution in [-0.2, 0) is 11.3 Å². The minimum absolute atomic E-state index is 0.0380. The maximum atomic E-state index is 12.1. The zero-order valence-electron chi connectivity index (χ0n) is 21.4. The van der Waals surface area contributed by atoms with Crippen molar-refractivity contribution in [3.8, 4) is 17.2 Å². The zero-order chi connectivity index (χ0) is 25.7. The summed E-state index contributed by atoms with van der Waals surface area (Å²) in [5, 5.41) is 9.74. The Morgan fingerprint density at radius 1 is 0.946 bits per heavy atom. The molecule has 4 rings (SSSR count). The van der Waals surface area contributed by atoms with E-state index < -0.39 is 0 Å². The number of ether oxygens (including phenoxy) is 3. The predicted molar refractivity (Wildman–Crippen MR) is 150 cm³/mol. The van der Waals surface area contributed by atoms with Gasteiger partial charge in [-0.1, -0.05) is 18.6 Å². The van der Waals surface area contributed by atoms with Crippen LogP contribution in [0.2, 0.25) is 0 Å². The number of anilines is 1. The van der Waals surface area contributed by atoms with Crippen LogP contribution in [0.15, 0.2) is 42.5 Å². The number of likely N-dealkylation sites (tertiary alicyclic amines) is 1. The van der Waals surface area contributed by atoms with Crippen molar-refractivity contribution in [2.45, 2.75) is 45.1 Å². The number of amides is 1. The lowest BCUT2D eigenvalue weighted by Gasteiger charge is -2.26. The Kier molecular flexibility index (Phi) is 10.7. The van der Waals surface area contributed by atoms with Crippen LogP contribution in [0.4, 0.5) is 5.69 Å². The largest absolute Gasteiger partial charge is 0.494 e. The van der Waals surface area contributed by atoms with E-state index in [1.165, 1.54) is 37.9 Å². The van der Waals surface area contributed by atoms with Gasteiger partial charge in [-0.2, -0.15) is 0 Å². The number of nitrogens with one attached hydrogen (secondary N) is 3.